The van der Waals surface area contributed by atoms with Crippen molar-refractivity contribution in [3.05, 3.63) is 29.3 Å². The molecule has 1 aromatic rings. The Kier molecular flexibility index (Phi) is 5.05. The van der Waals surface area contributed by atoms with Crippen molar-refractivity contribution in [2.75, 3.05) is 5.73 Å². The molecule has 3 N–H and O–H groups in total. The highest BCUT2D eigenvalue weighted by Crippen LogP contribution is 2.36. The largest absolute Gasteiger partial charge is 0.478 e. The van der Waals surface area contributed by atoms with Crippen LogP contribution in [-0.2, 0) is 0 Å². The van der Waals surface area contributed by atoms with Crippen molar-refractivity contribution in [3.63, 3.8) is 0 Å². The van der Waals surface area contributed by atoms with Crippen molar-refractivity contribution in [2.45, 2.75) is 38.0 Å². The zero-order valence-electron chi connectivity index (χ0n) is 9.86. The third kappa shape index (κ3) is 3.02. The lowest BCUT2D eigenvalue weighted by molar-refractivity contribution is 0.0698. The fourth-order valence-electron chi connectivity index (χ4n) is 2.54. The van der Waals surface area contributed by atoms with Gasteiger partial charge in [0.25, 0.3) is 0 Å². The number of rotatable bonds is 2. The topological polar surface area (TPSA) is 63.3 Å². The molecule has 0 saturated heterocycles. The Morgan fingerprint density at radius 1 is 1.24 bits per heavy atom. The predicted molar refractivity (Wildman–Crippen MR) is 69.4 cm³/mol. The Morgan fingerprint density at radius 2 is 1.88 bits per heavy atom. The highest BCUT2D eigenvalue weighted by Gasteiger charge is 2.20. The Morgan fingerprint density at radius 3 is 2.47 bits per heavy atom. The Hall–Kier alpha value is -0.978. The fraction of sp³-hybridized carbons (Fsp3) is 0.462. The number of para-hydroxylation sites is 1. The Bertz CT molecular complexity index is 400. The normalized spacial score (nSPS) is 16.2. The van der Waals surface area contributed by atoms with Crippen LogP contribution >= 0.6 is 0 Å². The summed E-state index contributed by atoms with van der Waals surface area (Å²) in [5, 5.41) is 9.01. The van der Waals surface area contributed by atoms with Crippen molar-refractivity contribution in [3.8, 4) is 0 Å². The van der Waals surface area contributed by atoms with Gasteiger partial charge in [-0.2, -0.15) is 0 Å². The minimum atomic E-state index is -0.935. The lowest BCUT2D eigenvalue weighted by Crippen LogP contribution is -2.11. The van der Waals surface area contributed by atoms with Gasteiger partial charge >= 0.3 is 5.97 Å². The highest BCUT2D eigenvalue weighted by atomic mass is 27.0. The second-order valence-electron chi connectivity index (χ2n) is 4.45. The molecule has 3 radical (unpaired) electrons. The van der Waals surface area contributed by atoms with E-state index in [1.807, 2.05) is 6.07 Å². The highest BCUT2D eigenvalue weighted by molar-refractivity contribution is 5.94. The summed E-state index contributed by atoms with van der Waals surface area (Å²) in [5.74, 6) is -0.483. The third-order valence-corrected chi connectivity index (χ3v) is 3.42. The van der Waals surface area contributed by atoms with E-state index < -0.39 is 5.97 Å². The van der Waals surface area contributed by atoms with Crippen LogP contribution in [0.2, 0.25) is 0 Å². The first kappa shape index (κ1) is 14.1. The molecule has 0 bridgehead atoms. The van der Waals surface area contributed by atoms with Gasteiger partial charge in [-0.1, -0.05) is 31.4 Å². The molecule has 2 rings (SSSR count). The van der Waals surface area contributed by atoms with Gasteiger partial charge in [-0.05, 0) is 30.4 Å². The maximum absolute atomic E-state index is 11.0. The van der Waals surface area contributed by atoms with E-state index in [0.717, 1.165) is 18.4 Å². The SMILES string of the molecule is Nc1c(C(=O)O)cccc1C1CCCCC1.[Al]. The molecule has 1 fully saturated rings. The van der Waals surface area contributed by atoms with Gasteiger partial charge in [-0.15, -0.1) is 0 Å². The molecule has 0 aromatic heterocycles. The summed E-state index contributed by atoms with van der Waals surface area (Å²) in [4.78, 5) is 11.0. The van der Waals surface area contributed by atoms with Crippen LogP contribution in [-0.4, -0.2) is 28.4 Å². The van der Waals surface area contributed by atoms with Crippen LogP contribution in [0, 0.1) is 0 Å². The van der Waals surface area contributed by atoms with Crippen molar-refractivity contribution < 1.29 is 9.90 Å². The van der Waals surface area contributed by atoms with Crippen LogP contribution in [0.3, 0.4) is 0 Å². The predicted octanol–water partition coefficient (Wildman–Crippen LogP) is 2.63. The maximum Gasteiger partial charge on any atom is 0.337 e. The van der Waals surface area contributed by atoms with Gasteiger partial charge in [0.2, 0.25) is 0 Å². The van der Waals surface area contributed by atoms with E-state index in [1.54, 1.807) is 12.1 Å². The number of carbonyl (C=O) groups is 1. The van der Waals surface area contributed by atoms with Gasteiger partial charge in [0.15, 0.2) is 0 Å². The lowest BCUT2D eigenvalue weighted by Gasteiger charge is -2.23. The van der Waals surface area contributed by atoms with E-state index in [4.69, 9.17) is 10.8 Å². The van der Waals surface area contributed by atoms with E-state index in [9.17, 15) is 4.79 Å². The zero-order chi connectivity index (χ0) is 11.5. The number of anilines is 1. The van der Waals surface area contributed by atoms with E-state index in [-0.39, 0.29) is 22.9 Å². The number of nitrogen functional groups attached to an aromatic ring is 1. The number of nitrogens with two attached hydrogens (primary N) is 1. The van der Waals surface area contributed by atoms with Gasteiger partial charge < -0.3 is 10.8 Å². The summed E-state index contributed by atoms with van der Waals surface area (Å²) >= 11 is 0. The number of hydrogen-bond donors (Lipinski definition) is 2. The van der Waals surface area contributed by atoms with Crippen LogP contribution in [0.5, 0.6) is 0 Å². The van der Waals surface area contributed by atoms with Crippen molar-refractivity contribution >= 4 is 29.0 Å². The number of aromatic carboxylic acids is 1. The lowest BCUT2D eigenvalue weighted by atomic mass is 9.83. The zero-order valence-corrected chi connectivity index (χ0v) is 11.0. The number of benzene rings is 1. The molecule has 0 atom stereocenters. The second-order valence-corrected chi connectivity index (χ2v) is 4.45. The van der Waals surface area contributed by atoms with Gasteiger partial charge in [0, 0.05) is 23.0 Å². The summed E-state index contributed by atoms with van der Waals surface area (Å²) in [5.41, 5.74) is 7.66. The summed E-state index contributed by atoms with van der Waals surface area (Å²) in [6.45, 7) is 0. The van der Waals surface area contributed by atoms with Crippen LogP contribution in [0.1, 0.15) is 53.9 Å². The quantitative estimate of drug-likeness (QED) is 0.622. The second kappa shape index (κ2) is 6.09. The minimum Gasteiger partial charge on any atom is -0.478 e. The molecule has 17 heavy (non-hydrogen) atoms. The molecule has 1 aliphatic rings. The number of carboxylic acids is 1. The minimum absolute atomic E-state index is 0. The summed E-state index contributed by atoms with van der Waals surface area (Å²) < 4.78 is 0. The van der Waals surface area contributed by atoms with Crippen LogP contribution in [0.4, 0.5) is 5.69 Å². The molecule has 89 valence electrons. The average molecular weight is 246 g/mol. The van der Waals surface area contributed by atoms with Gasteiger partial charge in [0.05, 0.1) is 5.56 Å². The monoisotopic (exact) mass is 246 g/mol. The summed E-state index contributed by atoms with van der Waals surface area (Å²) in [6.07, 6.45) is 6.00. The molecule has 0 amide bonds. The molecule has 0 unspecified atom stereocenters. The molecule has 1 aromatic carbocycles. The molecule has 1 saturated carbocycles. The smallest absolute Gasteiger partial charge is 0.337 e. The molecule has 4 heteroatoms. The standard InChI is InChI=1S/C13H17NO2.Al/c14-12-10(9-5-2-1-3-6-9)7-4-8-11(12)13(15)16;/h4,7-9H,1-3,5-6,14H2,(H,15,16);. The fourth-order valence-corrected chi connectivity index (χ4v) is 2.54. The van der Waals surface area contributed by atoms with E-state index in [2.05, 4.69) is 0 Å². The van der Waals surface area contributed by atoms with Crippen molar-refractivity contribution in [2.24, 2.45) is 0 Å². The van der Waals surface area contributed by atoms with Crippen LogP contribution < -0.4 is 5.73 Å². The molecule has 0 aliphatic heterocycles. The Labute approximate surface area is 112 Å². The van der Waals surface area contributed by atoms with Gasteiger partial charge in [0.1, 0.15) is 0 Å². The molecule has 0 heterocycles. The van der Waals surface area contributed by atoms with E-state index in [1.165, 1.54) is 19.3 Å². The van der Waals surface area contributed by atoms with E-state index >= 15 is 0 Å². The number of carboxylic acid groups (broad SMARTS) is 1. The van der Waals surface area contributed by atoms with Gasteiger partial charge in [-0.25, -0.2) is 4.79 Å². The Balaban J connectivity index is 0.00000144. The summed E-state index contributed by atoms with van der Waals surface area (Å²) in [6, 6.07) is 5.34. The molecular weight excluding hydrogens is 229 g/mol. The van der Waals surface area contributed by atoms with Gasteiger partial charge in [-0.3, -0.25) is 0 Å². The third-order valence-electron chi connectivity index (χ3n) is 3.42. The summed E-state index contributed by atoms with van der Waals surface area (Å²) in [7, 11) is 0. The molecule has 3 nitrogen and oxygen atoms in total. The first-order valence-corrected chi connectivity index (χ1v) is 5.82. The van der Waals surface area contributed by atoms with E-state index in [0.29, 0.717) is 11.6 Å². The number of hydrogen-bond acceptors (Lipinski definition) is 2. The first-order valence-electron chi connectivity index (χ1n) is 5.82. The molecular formula is C13H17AlNO2. The van der Waals surface area contributed by atoms with Crippen molar-refractivity contribution in [1.29, 1.82) is 0 Å². The van der Waals surface area contributed by atoms with Crippen LogP contribution in [0.15, 0.2) is 18.2 Å². The maximum atomic E-state index is 11.0. The average Bonchev–Trinajstić information content (AvgIpc) is 2.30. The molecule has 1 aliphatic carbocycles. The van der Waals surface area contributed by atoms with Crippen LogP contribution in [0.25, 0.3) is 0 Å². The molecule has 0 spiro atoms. The first-order chi connectivity index (χ1) is 7.70. The van der Waals surface area contributed by atoms with Crippen molar-refractivity contribution in [1.82, 2.24) is 0 Å².